The Balaban J connectivity index is 1.38. The topological polar surface area (TPSA) is 51.0 Å². The number of hydrogen-bond donors (Lipinski definition) is 0. The number of benzene rings is 1. The number of rotatable bonds is 3. The van der Waals surface area contributed by atoms with E-state index in [2.05, 4.69) is 46.0 Å². The Hall–Kier alpha value is -1.82. The van der Waals surface area contributed by atoms with Gasteiger partial charge in [0, 0.05) is 36.2 Å². The monoisotopic (exact) mass is 370 g/mol. The van der Waals surface area contributed by atoms with Crippen LogP contribution in [0.5, 0.6) is 0 Å². The zero-order valence-corrected chi connectivity index (χ0v) is 16.2. The Morgan fingerprint density at radius 3 is 2.69 bits per heavy atom. The van der Waals surface area contributed by atoms with Gasteiger partial charge in [-0.15, -0.1) is 22.0 Å². The van der Waals surface area contributed by atoms with E-state index in [1.54, 1.807) is 0 Å². The van der Waals surface area contributed by atoms with Gasteiger partial charge >= 0.3 is 0 Å². The summed E-state index contributed by atoms with van der Waals surface area (Å²) in [4.78, 5) is 16.3. The smallest absolute Gasteiger partial charge is 0.291 e. The molecule has 1 saturated heterocycles. The van der Waals surface area contributed by atoms with E-state index >= 15 is 0 Å². The molecule has 2 aromatic rings. The molecule has 1 amide bonds. The summed E-state index contributed by atoms with van der Waals surface area (Å²) in [6.07, 6.45) is 6.47. The molecule has 0 N–H and O–H groups in total. The number of nitrogens with zero attached hydrogens (tertiary/aromatic N) is 4. The average molecular weight is 371 g/mol. The zero-order valence-electron chi connectivity index (χ0n) is 15.4. The summed E-state index contributed by atoms with van der Waals surface area (Å²) in [6.45, 7) is 4.66. The maximum absolute atomic E-state index is 13.0. The van der Waals surface area contributed by atoms with Gasteiger partial charge in [-0.25, -0.2) is 0 Å². The molecular weight excluding hydrogens is 344 g/mol. The van der Waals surface area contributed by atoms with Crippen molar-refractivity contribution < 1.29 is 4.79 Å². The molecule has 1 aromatic carbocycles. The number of piperidine rings is 1. The van der Waals surface area contributed by atoms with Crippen LogP contribution in [0.1, 0.15) is 54.1 Å². The summed E-state index contributed by atoms with van der Waals surface area (Å²) < 4.78 is 2.06. The molecule has 0 aliphatic carbocycles. The lowest BCUT2D eigenvalue weighted by molar-refractivity contribution is 0.0709. The second kappa shape index (κ2) is 7.82. The second-order valence-electron chi connectivity index (χ2n) is 7.28. The van der Waals surface area contributed by atoms with Crippen LogP contribution in [0.4, 0.5) is 0 Å². The normalized spacial score (nSPS) is 18.4. The molecule has 0 atom stereocenters. The van der Waals surface area contributed by atoms with E-state index in [4.69, 9.17) is 0 Å². The molecule has 0 unspecified atom stereocenters. The highest BCUT2D eigenvalue weighted by molar-refractivity contribution is 8.00. The predicted molar refractivity (Wildman–Crippen MR) is 104 cm³/mol. The van der Waals surface area contributed by atoms with Gasteiger partial charge < -0.3 is 9.47 Å². The highest BCUT2D eigenvalue weighted by atomic mass is 32.2. The fraction of sp³-hybridized carbons (Fsp3) is 0.550. The van der Waals surface area contributed by atoms with Crippen molar-refractivity contribution in [3.63, 3.8) is 0 Å². The summed E-state index contributed by atoms with van der Waals surface area (Å²) in [7, 11) is 0. The van der Waals surface area contributed by atoms with Gasteiger partial charge in [-0.3, -0.25) is 4.79 Å². The highest BCUT2D eigenvalue weighted by Gasteiger charge is 2.28. The lowest BCUT2D eigenvalue weighted by atomic mass is 10.1. The molecule has 138 valence electrons. The number of aryl methyl sites for hydroxylation is 2. The fourth-order valence-electron chi connectivity index (χ4n) is 3.83. The quantitative estimate of drug-likeness (QED) is 0.826. The average Bonchev–Trinajstić information content (AvgIpc) is 2.92. The van der Waals surface area contributed by atoms with Gasteiger partial charge in [0.2, 0.25) is 5.82 Å². The summed E-state index contributed by atoms with van der Waals surface area (Å²) in [5.74, 6) is 1.59. The van der Waals surface area contributed by atoms with Gasteiger partial charge in [0.25, 0.3) is 5.91 Å². The summed E-state index contributed by atoms with van der Waals surface area (Å²) in [5.41, 5.74) is 1.34. The molecule has 4 rings (SSSR count). The van der Waals surface area contributed by atoms with Gasteiger partial charge in [-0.1, -0.05) is 24.6 Å². The largest absolute Gasteiger partial charge is 0.336 e. The zero-order chi connectivity index (χ0) is 17.9. The Morgan fingerprint density at radius 2 is 1.88 bits per heavy atom. The molecule has 0 saturated carbocycles. The minimum atomic E-state index is 0.0602. The molecule has 2 aliphatic rings. The number of carbonyl (C=O) groups is 1. The van der Waals surface area contributed by atoms with Crippen LogP contribution in [-0.2, 0) is 13.0 Å². The van der Waals surface area contributed by atoms with Crippen LogP contribution < -0.4 is 0 Å². The Kier molecular flexibility index (Phi) is 5.29. The predicted octanol–water partition coefficient (Wildman–Crippen LogP) is 3.71. The van der Waals surface area contributed by atoms with Crippen LogP contribution in [0.2, 0.25) is 0 Å². The molecule has 3 heterocycles. The van der Waals surface area contributed by atoms with E-state index < -0.39 is 0 Å². The number of amides is 1. The number of likely N-dealkylation sites (tertiary alicyclic amines) is 1. The van der Waals surface area contributed by atoms with Crippen molar-refractivity contribution in [3.8, 4) is 0 Å². The molecule has 6 heteroatoms. The maximum Gasteiger partial charge on any atom is 0.291 e. The molecule has 1 aromatic heterocycles. The van der Waals surface area contributed by atoms with Crippen LogP contribution in [0.15, 0.2) is 29.2 Å². The summed E-state index contributed by atoms with van der Waals surface area (Å²) in [6, 6.07) is 8.55. The van der Waals surface area contributed by atoms with E-state index in [0.717, 1.165) is 57.6 Å². The van der Waals surface area contributed by atoms with Crippen LogP contribution in [0, 0.1) is 6.92 Å². The minimum absolute atomic E-state index is 0.0602. The van der Waals surface area contributed by atoms with Gasteiger partial charge in [-0.05, 0) is 44.2 Å². The Bertz CT molecular complexity index is 780. The Morgan fingerprint density at radius 1 is 1.08 bits per heavy atom. The fourth-order valence-corrected chi connectivity index (χ4v) is 5.05. The van der Waals surface area contributed by atoms with Crippen LogP contribution in [0.3, 0.4) is 0 Å². The third-order valence-electron chi connectivity index (χ3n) is 5.42. The molecule has 5 nitrogen and oxygen atoms in total. The molecule has 26 heavy (non-hydrogen) atoms. The lowest BCUT2D eigenvalue weighted by Gasteiger charge is -2.31. The van der Waals surface area contributed by atoms with Crippen molar-refractivity contribution in [2.75, 3.05) is 13.1 Å². The molecule has 0 radical (unpaired) electrons. The standard InChI is InChI=1S/C20H26N4OS/c1-15-7-4-5-8-17(15)26-16-10-13-23(14-11-16)20(25)19-22-21-18-9-3-2-6-12-24(18)19/h4-5,7-8,16H,2-3,6,9-14H2,1H3. The third-order valence-corrected chi connectivity index (χ3v) is 6.93. The van der Waals surface area contributed by atoms with Crippen molar-refractivity contribution in [1.82, 2.24) is 19.7 Å². The van der Waals surface area contributed by atoms with E-state index in [-0.39, 0.29) is 5.91 Å². The van der Waals surface area contributed by atoms with Gasteiger partial charge in [0.1, 0.15) is 5.82 Å². The van der Waals surface area contributed by atoms with Gasteiger partial charge in [0.05, 0.1) is 0 Å². The van der Waals surface area contributed by atoms with E-state index in [9.17, 15) is 4.79 Å². The molecule has 0 bridgehead atoms. The first-order valence-electron chi connectivity index (χ1n) is 9.66. The van der Waals surface area contributed by atoms with Crippen molar-refractivity contribution >= 4 is 17.7 Å². The van der Waals surface area contributed by atoms with Crippen molar-refractivity contribution in [3.05, 3.63) is 41.5 Å². The number of aromatic nitrogens is 3. The lowest BCUT2D eigenvalue weighted by Crippen LogP contribution is -2.40. The van der Waals surface area contributed by atoms with Crippen molar-refractivity contribution in [1.29, 1.82) is 0 Å². The number of carbonyl (C=O) groups excluding carboxylic acids is 1. The first-order valence-corrected chi connectivity index (χ1v) is 10.5. The first kappa shape index (κ1) is 17.6. The molecule has 1 fully saturated rings. The highest BCUT2D eigenvalue weighted by Crippen LogP contribution is 2.32. The van der Waals surface area contributed by atoms with Crippen molar-refractivity contribution in [2.45, 2.75) is 62.1 Å². The van der Waals surface area contributed by atoms with E-state index in [0.29, 0.717) is 11.1 Å². The second-order valence-corrected chi connectivity index (χ2v) is 8.62. The number of thioether (sulfide) groups is 1. The number of fused-ring (bicyclic) bond motifs is 1. The van der Waals surface area contributed by atoms with Gasteiger partial charge in [-0.2, -0.15) is 0 Å². The van der Waals surface area contributed by atoms with Crippen molar-refractivity contribution in [2.24, 2.45) is 0 Å². The summed E-state index contributed by atoms with van der Waals surface area (Å²) >= 11 is 1.96. The van der Waals surface area contributed by atoms with E-state index in [1.807, 2.05) is 16.7 Å². The minimum Gasteiger partial charge on any atom is -0.336 e. The molecule has 2 aliphatic heterocycles. The van der Waals surface area contributed by atoms with Gasteiger partial charge in [0.15, 0.2) is 0 Å². The Labute approximate surface area is 159 Å². The molecule has 0 spiro atoms. The van der Waals surface area contributed by atoms with Crippen LogP contribution >= 0.6 is 11.8 Å². The summed E-state index contributed by atoms with van der Waals surface area (Å²) in [5, 5.41) is 9.08. The molecular formula is C20H26N4OS. The third kappa shape index (κ3) is 3.65. The number of hydrogen-bond acceptors (Lipinski definition) is 4. The van der Waals surface area contributed by atoms with E-state index in [1.165, 1.54) is 16.9 Å². The first-order chi connectivity index (χ1) is 12.7. The van der Waals surface area contributed by atoms with Crippen LogP contribution in [0.25, 0.3) is 0 Å². The SMILES string of the molecule is Cc1ccccc1SC1CCN(C(=O)c2nnc3n2CCCCC3)CC1. The maximum atomic E-state index is 13.0. The van der Waals surface area contributed by atoms with Crippen LogP contribution in [-0.4, -0.2) is 43.9 Å².